The van der Waals surface area contributed by atoms with E-state index in [2.05, 4.69) is 14.7 Å². The number of nitrogens with two attached hydrogens (primary N) is 1. The topological polar surface area (TPSA) is 81.0 Å². The lowest BCUT2D eigenvalue weighted by atomic mass is 10.1. The molecule has 0 unspecified atom stereocenters. The highest BCUT2D eigenvalue weighted by molar-refractivity contribution is 5.95. The predicted octanol–water partition coefficient (Wildman–Crippen LogP) is 1.37. The van der Waals surface area contributed by atoms with Crippen molar-refractivity contribution in [3.8, 4) is 0 Å². The van der Waals surface area contributed by atoms with E-state index >= 15 is 0 Å². The Morgan fingerprint density at radius 2 is 2.35 bits per heavy atom. The maximum Gasteiger partial charge on any atom is 0.339 e. The molecule has 17 heavy (non-hydrogen) atoms. The minimum atomic E-state index is -0.422. The van der Waals surface area contributed by atoms with E-state index in [9.17, 15) is 4.79 Å². The summed E-state index contributed by atoms with van der Waals surface area (Å²) in [4.78, 5) is 18.4. The second-order valence-corrected chi connectivity index (χ2v) is 3.65. The van der Waals surface area contributed by atoms with Crippen LogP contribution in [0.5, 0.6) is 0 Å². The third kappa shape index (κ3) is 2.44. The van der Waals surface area contributed by atoms with Crippen LogP contribution in [0, 0.1) is 0 Å². The van der Waals surface area contributed by atoms with E-state index in [1.807, 2.05) is 12.3 Å². The number of rotatable bonds is 3. The number of anilines is 1. The maximum absolute atomic E-state index is 11.3. The lowest BCUT2D eigenvalue weighted by molar-refractivity contribution is 0.0602. The van der Waals surface area contributed by atoms with Gasteiger partial charge < -0.3 is 15.5 Å². The summed E-state index contributed by atoms with van der Waals surface area (Å²) in [6.07, 6.45) is 4.13. The molecule has 0 spiro atoms. The average molecular weight is 231 g/mol. The van der Waals surface area contributed by atoms with Crippen molar-refractivity contribution in [2.45, 2.75) is 6.42 Å². The van der Waals surface area contributed by atoms with Crippen molar-refractivity contribution in [2.75, 3.05) is 12.8 Å². The van der Waals surface area contributed by atoms with Gasteiger partial charge in [0.05, 0.1) is 24.7 Å². The zero-order valence-electron chi connectivity index (χ0n) is 9.43. The molecule has 0 aliphatic rings. The fraction of sp³-hybridized carbons (Fsp3) is 0.167. The van der Waals surface area contributed by atoms with Crippen LogP contribution in [0.25, 0.3) is 0 Å². The molecule has 0 aliphatic heterocycles. The van der Waals surface area contributed by atoms with Gasteiger partial charge in [0.1, 0.15) is 0 Å². The lowest BCUT2D eigenvalue weighted by Crippen LogP contribution is -2.06. The van der Waals surface area contributed by atoms with E-state index in [4.69, 9.17) is 5.73 Å². The van der Waals surface area contributed by atoms with Crippen molar-refractivity contribution >= 4 is 11.7 Å². The predicted molar refractivity (Wildman–Crippen MR) is 63.6 cm³/mol. The molecule has 1 aromatic heterocycles. The van der Waals surface area contributed by atoms with Gasteiger partial charge in [-0.2, -0.15) is 0 Å². The highest BCUT2D eigenvalue weighted by atomic mass is 16.5. The summed E-state index contributed by atoms with van der Waals surface area (Å²) in [7, 11) is 1.33. The molecular weight excluding hydrogens is 218 g/mol. The van der Waals surface area contributed by atoms with Crippen LogP contribution in [0.3, 0.4) is 0 Å². The third-order valence-corrected chi connectivity index (χ3v) is 2.46. The summed E-state index contributed by atoms with van der Waals surface area (Å²) in [6, 6.07) is 5.28. The largest absolute Gasteiger partial charge is 0.465 e. The Labute approximate surface area is 98.6 Å². The smallest absolute Gasteiger partial charge is 0.339 e. The molecule has 3 N–H and O–H groups in total. The molecule has 0 aliphatic carbocycles. The van der Waals surface area contributed by atoms with Gasteiger partial charge in [-0.15, -0.1) is 0 Å². The SMILES string of the molecule is COC(=O)c1ccc(Cc2c[nH]cn2)cc1N. The summed E-state index contributed by atoms with van der Waals surface area (Å²) in [5, 5.41) is 0. The van der Waals surface area contributed by atoms with Crippen molar-refractivity contribution in [2.24, 2.45) is 0 Å². The van der Waals surface area contributed by atoms with Crippen molar-refractivity contribution < 1.29 is 9.53 Å². The van der Waals surface area contributed by atoms with Crippen molar-refractivity contribution in [3.05, 3.63) is 47.5 Å². The molecule has 0 bridgehead atoms. The number of carbonyl (C=O) groups is 1. The van der Waals surface area contributed by atoms with Crippen molar-refractivity contribution in [1.82, 2.24) is 9.97 Å². The number of H-pyrrole nitrogens is 1. The lowest BCUT2D eigenvalue weighted by Gasteiger charge is -2.05. The number of benzene rings is 1. The van der Waals surface area contributed by atoms with Gasteiger partial charge in [0.25, 0.3) is 0 Å². The van der Waals surface area contributed by atoms with Gasteiger partial charge in [0.15, 0.2) is 0 Å². The standard InChI is InChI=1S/C12H13N3O2/c1-17-12(16)10-3-2-8(5-11(10)13)4-9-6-14-7-15-9/h2-3,5-7H,4,13H2,1H3,(H,14,15). The number of hydrogen-bond acceptors (Lipinski definition) is 4. The molecule has 0 saturated carbocycles. The number of hydrogen-bond donors (Lipinski definition) is 2. The Hall–Kier alpha value is -2.30. The van der Waals surface area contributed by atoms with Crippen LogP contribution >= 0.6 is 0 Å². The van der Waals surface area contributed by atoms with Gasteiger partial charge >= 0.3 is 5.97 Å². The summed E-state index contributed by atoms with van der Waals surface area (Å²) < 4.78 is 4.63. The van der Waals surface area contributed by atoms with Gasteiger partial charge in [0, 0.05) is 18.3 Å². The first-order valence-electron chi connectivity index (χ1n) is 5.15. The van der Waals surface area contributed by atoms with Gasteiger partial charge in [0.2, 0.25) is 0 Å². The van der Waals surface area contributed by atoms with E-state index in [1.54, 1.807) is 18.5 Å². The summed E-state index contributed by atoms with van der Waals surface area (Å²) in [5.74, 6) is -0.422. The molecule has 0 atom stereocenters. The highest BCUT2D eigenvalue weighted by Gasteiger charge is 2.10. The minimum Gasteiger partial charge on any atom is -0.465 e. The van der Waals surface area contributed by atoms with Crippen LogP contribution in [-0.4, -0.2) is 23.0 Å². The number of imidazole rings is 1. The highest BCUT2D eigenvalue weighted by Crippen LogP contribution is 2.17. The molecule has 1 heterocycles. The van der Waals surface area contributed by atoms with Crippen LogP contribution in [0.4, 0.5) is 5.69 Å². The Bertz CT molecular complexity index is 521. The first kappa shape index (κ1) is 11.2. The zero-order chi connectivity index (χ0) is 12.3. The van der Waals surface area contributed by atoms with Crippen molar-refractivity contribution in [3.63, 3.8) is 0 Å². The molecule has 0 amide bonds. The Balaban J connectivity index is 2.22. The number of nitrogens with zero attached hydrogens (tertiary/aromatic N) is 1. The van der Waals surface area contributed by atoms with Crippen LogP contribution in [-0.2, 0) is 11.2 Å². The van der Waals surface area contributed by atoms with Gasteiger partial charge in [-0.25, -0.2) is 9.78 Å². The first-order valence-corrected chi connectivity index (χ1v) is 5.15. The molecule has 0 radical (unpaired) electrons. The Morgan fingerprint density at radius 1 is 1.53 bits per heavy atom. The van der Waals surface area contributed by atoms with Crippen LogP contribution in [0.15, 0.2) is 30.7 Å². The fourth-order valence-corrected chi connectivity index (χ4v) is 1.61. The second-order valence-electron chi connectivity index (χ2n) is 3.65. The van der Waals surface area contributed by atoms with Crippen molar-refractivity contribution in [1.29, 1.82) is 0 Å². The number of nitrogen functional groups attached to an aromatic ring is 1. The van der Waals surface area contributed by atoms with E-state index in [0.29, 0.717) is 17.7 Å². The molecule has 0 fully saturated rings. The molecule has 5 nitrogen and oxygen atoms in total. The quantitative estimate of drug-likeness (QED) is 0.617. The summed E-state index contributed by atoms with van der Waals surface area (Å²) >= 11 is 0. The van der Waals surface area contributed by atoms with E-state index in [-0.39, 0.29) is 0 Å². The first-order chi connectivity index (χ1) is 8.20. The number of aromatic nitrogens is 2. The molecule has 5 heteroatoms. The number of aromatic amines is 1. The van der Waals surface area contributed by atoms with Gasteiger partial charge in [-0.1, -0.05) is 6.07 Å². The number of carbonyl (C=O) groups excluding carboxylic acids is 1. The molecule has 88 valence electrons. The van der Waals surface area contributed by atoms with Crippen LogP contribution in [0.2, 0.25) is 0 Å². The molecule has 2 aromatic rings. The summed E-state index contributed by atoms with van der Waals surface area (Å²) in [5.41, 5.74) is 8.53. The maximum atomic E-state index is 11.3. The van der Waals surface area contributed by atoms with E-state index < -0.39 is 5.97 Å². The zero-order valence-corrected chi connectivity index (χ0v) is 9.43. The number of esters is 1. The third-order valence-electron chi connectivity index (χ3n) is 2.46. The second kappa shape index (κ2) is 4.69. The monoisotopic (exact) mass is 231 g/mol. The minimum absolute atomic E-state index is 0.387. The summed E-state index contributed by atoms with van der Waals surface area (Å²) in [6.45, 7) is 0. The van der Waals surface area contributed by atoms with Gasteiger partial charge in [-0.3, -0.25) is 0 Å². The molecule has 1 aromatic carbocycles. The number of ether oxygens (including phenoxy) is 1. The average Bonchev–Trinajstić information content (AvgIpc) is 2.81. The number of methoxy groups -OCH3 is 1. The molecule has 2 rings (SSSR count). The molecule has 0 saturated heterocycles. The normalized spacial score (nSPS) is 10.2. The molecular formula is C12H13N3O2. The van der Waals surface area contributed by atoms with E-state index in [0.717, 1.165) is 11.3 Å². The Morgan fingerprint density at radius 3 is 2.94 bits per heavy atom. The fourth-order valence-electron chi connectivity index (χ4n) is 1.61. The van der Waals surface area contributed by atoms with Crippen LogP contribution < -0.4 is 5.73 Å². The number of nitrogens with one attached hydrogen (secondary N) is 1. The Kier molecular flexibility index (Phi) is 3.09. The van der Waals surface area contributed by atoms with Gasteiger partial charge in [-0.05, 0) is 17.7 Å². The van der Waals surface area contributed by atoms with E-state index in [1.165, 1.54) is 7.11 Å². The van der Waals surface area contributed by atoms with Crippen LogP contribution in [0.1, 0.15) is 21.6 Å².